The predicted molar refractivity (Wildman–Crippen MR) is 86.4 cm³/mol. The molecule has 7 heteroatoms. The zero-order valence-corrected chi connectivity index (χ0v) is 13.4. The fourth-order valence-electron chi connectivity index (χ4n) is 2.51. The van der Waals surface area contributed by atoms with Crippen molar-refractivity contribution in [3.63, 3.8) is 0 Å². The normalized spacial score (nSPS) is 14.5. The molecule has 0 saturated carbocycles. The fourth-order valence-corrected chi connectivity index (χ4v) is 2.51. The van der Waals surface area contributed by atoms with Gasteiger partial charge in [-0.2, -0.15) is 0 Å². The van der Waals surface area contributed by atoms with Crippen LogP contribution in [0.15, 0.2) is 30.5 Å². The smallest absolute Gasteiger partial charge is 0.341 e. The van der Waals surface area contributed by atoms with E-state index in [1.54, 1.807) is 25.1 Å². The summed E-state index contributed by atoms with van der Waals surface area (Å²) in [4.78, 5) is 22.8. The number of hydrogen-bond donors (Lipinski definition) is 0. The molecule has 24 heavy (non-hydrogen) atoms. The summed E-state index contributed by atoms with van der Waals surface area (Å²) in [6, 6.07) is 6.21. The number of aromatic nitrogens is 2. The number of benzene rings is 1. The maximum atomic E-state index is 14.2. The fraction of sp³-hybridized carbons (Fsp3) is 0.353. The lowest BCUT2D eigenvalue weighted by Gasteiger charge is -2.27. The first kappa shape index (κ1) is 16.3. The minimum atomic E-state index is -0.565. The van der Waals surface area contributed by atoms with E-state index in [1.165, 1.54) is 12.3 Å². The summed E-state index contributed by atoms with van der Waals surface area (Å²) in [5.41, 5.74) is 0.638. The van der Waals surface area contributed by atoms with Crippen molar-refractivity contribution < 1.29 is 18.7 Å². The van der Waals surface area contributed by atoms with Gasteiger partial charge < -0.3 is 14.4 Å². The van der Waals surface area contributed by atoms with Crippen LogP contribution in [-0.4, -0.2) is 48.8 Å². The molecule has 1 aliphatic heterocycles. The SMILES string of the molecule is CCOC(=O)c1cnc(N2CCOCC2)nc1-c1ccccc1F. The van der Waals surface area contributed by atoms with E-state index in [0.717, 1.165) is 0 Å². The van der Waals surface area contributed by atoms with Gasteiger partial charge in [-0.15, -0.1) is 0 Å². The highest BCUT2D eigenvalue weighted by molar-refractivity contribution is 5.96. The van der Waals surface area contributed by atoms with Crippen molar-refractivity contribution in [1.29, 1.82) is 0 Å². The monoisotopic (exact) mass is 331 g/mol. The van der Waals surface area contributed by atoms with Crippen LogP contribution in [0.25, 0.3) is 11.3 Å². The Morgan fingerprint density at radius 2 is 2.08 bits per heavy atom. The highest BCUT2D eigenvalue weighted by Crippen LogP contribution is 2.26. The molecule has 0 amide bonds. The van der Waals surface area contributed by atoms with Crippen LogP contribution in [0.1, 0.15) is 17.3 Å². The van der Waals surface area contributed by atoms with Gasteiger partial charge in [0.1, 0.15) is 11.4 Å². The van der Waals surface area contributed by atoms with E-state index in [4.69, 9.17) is 9.47 Å². The van der Waals surface area contributed by atoms with Gasteiger partial charge in [-0.1, -0.05) is 12.1 Å². The first-order chi connectivity index (χ1) is 11.7. The third-order valence-corrected chi connectivity index (χ3v) is 3.69. The Hall–Kier alpha value is -2.54. The summed E-state index contributed by atoms with van der Waals surface area (Å²) in [5, 5.41) is 0. The molecule has 0 bridgehead atoms. The van der Waals surface area contributed by atoms with Gasteiger partial charge in [-0.05, 0) is 19.1 Å². The molecule has 0 atom stereocenters. The number of morpholine rings is 1. The summed E-state index contributed by atoms with van der Waals surface area (Å²) < 4.78 is 24.6. The number of halogens is 1. The Morgan fingerprint density at radius 3 is 2.79 bits per heavy atom. The van der Waals surface area contributed by atoms with Gasteiger partial charge >= 0.3 is 5.97 Å². The van der Waals surface area contributed by atoms with E-state index >= 15 is 0 Å². The van der Waals surface area contributed by atoms with Crippen LogP contribution in [0.5, 0.6) is 0 Å². The molecule has 0 N–H and O–H groups in total. The van der Waals surface area contributed by atoms with Crippen molar-refractivity contribution in [3.8, 4) is 11.3 Å². The van der Waals surface area contributed by atoms with Gasteiger partial charge in [0, 0.05) is 24.8 Å². The van der Waals surface area contributed by atoms with Gasteiger partial charge in [0.15, 0.2) is 0 Å². The number of carbonyl (C=O) groups is 1. The summed E-state index contributed by atoms with van der Waals surface area (Å²) in [7, 11) is 0. The van der Waals surface area contributed by atoms with Gasteiger partial charge in [0.2, 0.25) is 5.95 Å². The summed E-state index contributed by atoms with van der Waals surface area (Å²) in [6.45, 7) is 4.39. The van der Waals surface area contributed by atoms with Crippen molar-refractivity contribution in [3.05, 3.63) is 41.8 Å². The van der Waals surface area contributed by atoms with Gasteiger partial charge in [0.25, 0.3) is 0 Å². The quantitative estimate of drug-likeness (QED) is 0.801. The van der Waals surface area contributed by atoms with Crippen LogP contribution in [0.4, 0.5) is 10.3 Å². The van der Waals surface area contributed by atoms with E-state index in [0.29, 0.717) is 32.3 Å². The molecule has 0 radical (unpaired) electrons. The Morgan fingerprint density at radius 1 is 1.33 bits per heavy atom. The Bertz CT molecular complexity index is 733. The lowest BCUT2D eigenvalue weighted by Crippen LogP contribution is -2.37. The van der Waals surface area contributed by atoms with Crippen molar-refractivity contribution in [1.82, 2.24) is 9.97 Å². The number of anilines is 1. The molecule has 0 spiro atoms. The van der Waals surface area contributed by atoms with E-state index < -0.39 is 11.8 Å². The molecular weight excluding hydrogens is 313 g/mol. The van der Waals surface area contributed by atoms with Gasteiger partial charge in [-0.3, -0.25) is 0 Å². The molecule has 126 valence electrons. The first-order valence-electron chi connectivity index (χ1n) is 7.82. The third kappa shape index (κ3) is 3.35. The summed E-state index contributed by atoms with van der Waals surface area (Å²) >= 11 is 0. The average Bonchev–Trinajstić information content (AvgIpc) is 2.62. The van der Waals surface area contributed by atoms with Crippen molar-refractivity contribution in [2.45, 2.75) is 6.92 Å². The van der Waals surface area contributed by atoms with E-state index in [9.17, 15) is 9.18 Å². The number of ether oxygens (including phenoxy) is 2. The molecule has 0 aliphatic carbocycles. The highest BCUT2D eigenvalue weighted by atomic mass is 19.1. The van der Waals surface area contributed by atoms with Crippen LogP contribution < -0.4 is 4.90 Å². The second-order valence-electron chi connectivity index (χ2n) is 5.23. The minimum absolute atomic E-state index is 0.152. The highest BCUT2D eigenvalue weighted by Gasteiger charge is 2.22. The predicted octanol–water partition coefficient (Wildman–Crippen LogP) is 2.30. The standard InChI is InChI=1S/C17H18FN3O3/c1-2-24-16(22)13-11-19-17(21-7-9-23-10-8-21)20-15(13)12-5-3-4-6-14(12)18/h3-6,11H,2,7-10H2,1H3. The zero-order valence-electron chi connectivity index (χ0n) is 13.4. The molecule has 6 nitrogen and oxygen atoms in total. The molecule has 1 aliphatic rings. The number of hydrogen-bond acceptors (Lipinski definition) is 6. The lowest BCUT2D eigenvalue weighted by atomic mass is 10.1. The van der Waals surface area contributed by atoms with E-state index in [1.807, 2.05) is 4.90 Å². The first-order valence-corrected chi connectivity index (χ1v) is 7.82. The van der Waals surface area contributed by atoms with Crippen LogP contribution in [0.3, 0.4) is 0 Å². The van der Waals surface area contributed by atoms with Crippen molar-refractivity contribution in [2.24, 2.45) is 0 Å². The van der Waals surface area contributed by atoms with Crippen molar-refractivity contribution in [2.75, 3.05) is 37.8 Å². The minimum Gasteiger partial charge on any atom is -0.462 e. The molecule has 1 aromatic heterocycles. The van der Waals surface area contributed by atoms with Crippen LogP contribution in [0.2, 0.25) is 0 Å². The molecule has 2 heterocycles. The van der Waals surface area contributed by atoms with Crippen LogP contribution in [0, 0.1) is 5.82 Å². The average molecular weight is 331 g/mol. The maximum absolute atomic E-state index is 14.2. The van der Waals surface area contributed by atoms with E-state index in [2.05, 4.69) is 9.97 Å². The van der Waals surface area contributed by atoms with Crippen LogP contribution in [-0.2, 0) is 9.47 Å². The second kappa shape index (κ2) is 7.35. The number of carbonyl (C=O) groups excluding carboxylic acids is 1. The Kier molecular flexibility index (Phi) is 5.00. The lowest BCUT2D eigenvalue weighted by molar-refractivity contribution is 0.0526. The maximum Gasteiger partial charge on any atom is 0.341 e. The van der Waals surface area contributed by atoms with Gasteiger partial charge in [-0.25, -0.2) is 19.2 Å². The summed E-state index contributed by atoms with van der Waals surface area (Å²) in [5.74, 6) is -0.566. The largest absolute Gasteiger partial charge is 0.462 e. The molecular formula is C17H18FN3O3. The molecule has 1 saturated heterocycles. The van der Waals surface area contributed by atoms with Crippen LogP contribution >= 0.6 is 0 Å². The third-order valence-electron chi connectivity index (χ3n) is 3.69. The molecule has 2 aromatic rings. The second-order valence-corrected chi connectivity index (χ2v) is 5.23. The topological polar surface area (TPSA) is 64.5 Å². The number of nitrogens with zero attached hydrogens (tertiary/aromatic N) is 3. The Balaban J connectivity index is 2.06. The summed E-state index contributed by atoms with van der Waals surface area (Å²) in [6.07, 6.45) is 1.40. The molecule has 0 unspecified atom stereocenters. The Labute approximate surface area is 139 Å². The molecule has 3 rings (SSSR count). The number of esters is 1. The zero-order chi connectivity index (χ0) is 16.9. The van der Waals surface area contributed by atoms with Crippen molar-refractivity contribution >= 4 is 11.9 Å². The molecule has 1 fully saturated rings. The molecule has 1 aromatic carbocycles. The number of rotatable bonds is 4. The van der Waals surface area contributed by atoms with Gasteiger partial charge in [0.05, 0.1) is 25.5 Å². The van der Waals surface area contributed by atoms with E-state index in [-0.39, 0.29) is 23.4 Å².